The van der Waals surface area contributed by atoms with Crippen LogP contribution < -0.4 is 0 Å². The minimum atomic E-state index is -1.02. The van der Waals surface area contributed by atoms with Crippen LogP contribution >= 0.6 is 0 Å². The molecule has 6 nitrogen and oxygen atoms in total. The molecule has 0 saturated carbocycles. The molecule has 1 aromatic heterocycles. The number of unbranched alkanes of at least 4 members (excludes halogenated alkanes) is 1. The van der Waals surface area contributed by atoms with E-state index in [1.54, 1.807) is 6.20 Å². The highest BCUT2D eigenvalue weighted by Gasteiger charge is 2.31. The second-order valence-corrected chi connectivity index (χ2v) is 8.34. The standard InChI is InChI=1S/C27H28N2O4/c1-29(25(26(30)31)16-7-2-10-19-11-8-9-17-28-19)27(32)33-18-24-22-14-5-3-12-20(22)21-13-4-6-15-23(21)24/h3-6,8-9,11-15,17,24-25H,2,7,10,16,18H2,1H3,(H,30,31)/t25-/m0/s1. The van der Waals surface area contributed by atoms with Gasteiger partial charge in [-0.15, -0.1) is 0 Å². The van der Waals surface area contributed by atoms with E-state index in [-0.39, 0.29) is 12.5 Å². The van der Waals surface area contributed by atoms with Crippen molar-refractivity contribution < 1.29 is 19.4 Å². The molecule has 1 atom stereocenters. The van der Waals surface area contributed by atoms with E-state index in [1.807, 2.05) is 42.5 Å². The second kappa shape index (κ2) is 10.3. The Kier molecular flexibility index (Phi) is 7.03. The molecular weight excluding hydrogens is 416 g/mol. The first kappa shape index (κ1) is 22.5. The third-order valence-electron chi connectivity index (χ3n) is 6.26. The maximum absolute atomic E-state index is 12.8. The van der Waals surface area contributed by atoms with Crippen LogP contribution in [-0.4, -0.2) is 46.7 Å². The van der Waals surface area contributed by atoms with Gasteiger partial charge in [0.15, 0.2) is 0 Å². The quantitative estimate of drug-likeness (QED) is 0.463. The van der Waals surface area contributed by atoms with Gasteiger partial charge in [-0.1, -0.05) is 61.0 Å². The zero-order chi connectivity index (χ0) is 23.2. The van der Waals surface area contributed by atoms with E-state index in [0.717, 1.165) is 40.8 Å². The number of nitrogens with zero attached hydrogens (tertiary/aromatic N) is 2. The Bertz CT molecular complexity index is 1070. The molecule has 1 N–H and O–H groups in total. The fraction of sp³-hybridized carbons (Fsp3) is 0.296. The van der Waals surface area contributed by atoms with Crippen molar-refractivity contribution in [2.45, 2.75) is 37.6 Å². The van der Waals surface area contributed by atoms with Gasteiger partial charge in [-0.3, -0.25) is 9.88 Å². The van der Waals surface area contributed by atoms with Crippen molar-refractivity contribution in [1.82, 2.24) is 9.88 Å². The summed E-state index contributed by atoms with van der Waals surface area (Å²) in [5.74, 6) is -1.08. The highest BCUT2D eigenvalue weighted by atomic mass is 16.6. The van der Waals surface area contributed by atoms with Crippen molar-refractivity contribution in [2.75, 3.05) is 13.7 Å². The number of aryl methyl sites for hydroxylation is 1. The number of amides is 1. The number of benzene rings is 2. The van der Waals surface area contributed by atoms with Crippen LogP contribution in [0.3, 0.4) is 0 Å². The van der Waals surface area contributed by atoms with Gasteiger partial charge >= 0.3 is 12.1 Å². The Balaban J connectivity index is 1.34. The van der Waals surface area contributed by atoms with Crippen molar-refractivity contribution in [3.8, 4) is 11.1 Å². The van der Waals surface area contributed by atoms with Crippen LogP contribution in [0.4, 0.5) is 4.79 Å². The largest absolute Gasteiger partial charge is 0.480 e. The van der Waals surface area contributed by atoms with Gasteiger partial charge in [0.25, 0.3) is 0 Å². The zero-order valence-electron chi connectivity index (χ0n) is 18.7. The number of hydrogen-bond acceptors (Lipinski definition) is 4. The summed E-state index contributed by atoms with van der Waals surface area (Å²) < 4.78 is 5.62. The number of carbonyl (C=O) groups is 2. The Labute approximate surface area is 193 Å². The first-order valence-corrected chi connectivity index (χ1v) is 11.3. The molecule has 0 bridgehead atoms. The fourth-order valence-electron chi connectivity index (χ4n) is 4.50. The number of rotatable bonds is 9. The smallest absolute Gasteiger partial charge is 0.410 e. The number of aromatic nitrogens is 1. The van der Waals surface area contributed by atoms with Gasteiger partial charge in [0.05, 0.1) is 0 Å². The molecule has 1 aliphatic rings. The van der Waals surface area contributed by atoms with Gasteiger partial charge in [0.1, 0.15) is 12.6 Å². The number of aliphatic carboxylic acids is 1. The third kappa shape index (κ3) is 5.06. The first-order chi connectivity index (χ1) is 16.1. The highest BCUT2D eigenvalue weighted by Crippen LogP contribution is 2.44. The predicted octanol–water partition coefficient (Wildman–Crippen LogP) is 5.13. The number of likely N-dealkylation sites (N-methyl/N-ethyl adjacent to an activating group) is 1. The fourth-order valence-corrected chi connectivity index (χ4v) is 4.50. The number of ether oxygens (including phenoxy) is 1. The Hall–Kier alpha value is -3.67. The number of carboxylic acid groups (broad SMARTS) is 1. The Morgan fingerprint density at radius 1 is 0.970 bits per heavy atom. The highest BCUT2D eigenvalue weighted by molar-refractivity contribution is 5.81. The van der Waals surface area contributed by atoms with Crippen molar-refractivity contribution in [1.29, 1.82) is 0 Å². The number of pyridine rings is 1. The molecule has 3 aromatic rings. The predicted molar refractivity (Wildman–Crippen MR) is 126 cm³/mol. The van der Waals surface area contributed by atoms with Crippen LogP contribution in [0, 0.1) is 0 Å². The van der Waals surface area contributed by atoms with Crippen molar-refractivity contribution in [3.63, 3.8) is 0 Å². The summed E-state index contributed by atoms with van der Waals surface area (Å²) in [6.45, 7) is 0.170. The third-order valence-corrected chi connectivity index (χ3v) is 6.26. The average Bonchev–Trinajstić information content (AvgIpc) is 3.16. The SMILES string of the molecule is CN(C(=O)OCC1c2ccccc2-c2ccccc21)[C@@H](CCCCc1ccccn1)C(=O)O. The molecule has 2 aromatic carbocycles. The maximum atomic E-state index is 12.8. The molecule has 0 radical (unpaired) electrons. The number of fused-ring (bicyclic) bond motifs is 3. The van der Waals surface area contributed by atoms with Gasteiger partial charge in [0.2, 0.25) is 0 Å². The van der Waals surface area contributed by atoms with Gasteiger partial charge in [-0.25, -0.2) is 9.59 Å². The Morgan fingerprint density at radius 3 is 2.21 bits per heavy atom. The summed E-state index contributed by atoms with van der Waals surface area (Å²) in [6.07, 6.45) is 3.76. The molecule has 1 aliphatic carbocycles. The lowest BCUT2D eigenvalue weighted by Gasteiger charge is -2.25. The molecule has 6 heteroatoms. The summed E-state index contributed by atoms with van der Waals surface area (Å²) in [5.41, 5.74) is 5.53. The second-order valence-electron chi connectivity index (χ2n) is 8.34. The van der Waals surface area contributed by atoms with Gasteiger partial charge in [-0.05, 0) is 53.6 Å². The first-order valence-electron chi connectivity index (χ1n) is 11.3. The van der Waals surface area contributed by atoms with Crippen LogP contribution in [-0.2, 0) is 16.0 Å². The topological polar surface area (TPSA) is 79.7 Å². The molecule has 0 spiro atoms. The van der Waals surface area contributed by atoms with E-state index in [4.69, 9.17) is 4.74 Å². The molecule has 0 unspecified atom stereocenters. The van der Waals surface area contributed by atoms with Crippen LogP contribution in [0.2, 0.25) is 0 Å². The Morgan fingerprint density at radius 2 is 1.61 bits per heavy atom. The molecule has 33 heavy (non-hydrogen) atoms. The summed E-state index contributed by atoms with van der Waals surface area (Å²) in [5, 5.41) is 9.69. The normalized spacial score (nSPS) is 13.1. The monoisotopic (exact) mass is 444 g/mol. The lowest BCUT2D eigenvalue weighted by molar-refractivity contribution is -0.142. The van der Waals surface area contributed by atoms with Crippen LogP contribution in [0.25, 0.3) is 11.1 Å². The number of hydrogen-bond donors (Lipinski definition) is 1. The molecular formula is C27H28N2O4. The maximum Gasteiger partial charge on any atom is 0.410 e. The number of carboxylic acids is 1. The van der Waals surface area contributed by atoms with Gasteiger partial charge < -0.3 is 9.84 Å². The van der Waals surface area contributed by atoms with Crippen molar-refractivity contribution in [3.05, 3.63) is 89.7 Å². The number of carbonyl (C=O) groups excluding carboxylic acids is 1. The van der Waals surface area contributed by atoms with Crippen LogP contribution in [0.1, 0.15) is 42.0 Å². The van der Waals surface area contributed by atoms with Gasteiger partial charge in [-0.2, -0.15) is 0 Å². The van der Waals surface area contributed by atoms with E-state index in [1.165, 1.54) is 11.9 Å². The summed E-state index contributed by atoms with van der Waals surface area (Å²) in [6, 6.07) is 21.1. The van der Waals surface area contributed by atoms with E-state index in [2.05, 4.69) is 29.2 Å². The van der Waals surface area contributed by atoms with Crippen molar-refractivity contribution in [2.24, 2.45) is 0 Å². The minimum absolute atomic E-state index is 0.0589. The molecule has 1 heterocycles. The minimum Gasteiger partial charge on any atom is -0.480 e. The van der Waals surface area contributed by atoms with E-state index in [9.17, 15) is 14.7 Å². The molecule has 1 amide bonds. The van der Waals surface area contributed by atoms with E-state index in [0.29, 0.717) is 12.8 Å². The lowest BCUT2D eigenvalue weighted by atomic mass is 9.98. The summed E-state index contributed by atoms with van der Waals surface area (Å²) >= 11 is 0. The van der Waals surface area contributed by atoms with Gasteiger partial charge in [0, 0.05) is 24.9 Å². The molecule has 0 fully saturated rings. The lowest BCUT2D eigenvalue weighted by Crippen LogP contribution is -2.43. The molecule has 0 aliphatic heterocycles. The molecule has 0 saturated heterocycles. The average molecular weight is 445 g/mol. The summed E-state index contributed by atoms with van der Waals surface area (Å²) in [4.78, 5) is 30.1. The van der Waals surface area contributed by atoms with E-state index >= 15 is 0 Å². The van der Waals surface area contributed by atoms with E-state index < -0.39 is 18.1 Å². The summed E-state index contributed by atoms with van der Waals surface area (Å²) in [7, 11) is 1.50. The van der Waals surface area contributed by atoms with Crippen LogP contribution in [0.15, 0.2) is 72.9 Å². The van der Waals surface area contributed by atoms with Crippen LogP contribution in [0.5, 0.6) is 0 Å². The molecule has 4 rings (SSSR count). The van der Waals surface area contributed by atoms with Crippen molar-refractivity contribution >= 4 is 12.1 Å². The zero-order valence-corrected chi connectivity index (χ0v) is 18.7. The molecule has 170 valence electrons.